The number of ether oxygens (including phenoxy) is 1. The van der Waals surface area contributed by atoms with E-state index in [2.05, 4.69) is 18.3 Å². The van der Waals surface area contributed by atoms with E-state index in [4.69, 9.17) is 10.00 Å². The van der Waals surface area contributed by atoms with Crippen molar-refractivity contribution in [1.82, 2.24) is 10.2 Å². The number of nitrogens with one attached hydrogen (secondary N) is 1. The highest BCUT2D eigenvalue weighted by molar-refractivity contribution is 5.79. The molecule has 6 heteroatoms. The Hall–Kier alpha value is -1.61. The molecule has 0 aromatic rings. The first-order valence-electron chi connectivity index (χ1n) is 10.2. The minimum atomic E-state index is -0.290. The summed E-state index contributed by atoms with van der Waals surface area (Å²) in [6, 6.07) is 1.97. The Morgan fingerprint density at radius 1 is 1.23 bits per heavy atom. The molecule has 3 aliphatic carbocycles. The number of carbonyl (C=O) groups is 2. The van der Waals surface area contributed by atoms with Gasteiger partial charge >= 0.3 is 5.97 Å². The van der Waals surface area contributed by atoms with E-state index in [1.807, 2.05) is 0 Å². The van der Waals surface area contributed by atoms with Crippen LogP contribution >= 0.6 is 0 Å². The molecule has 1 N–H and O–H groups in total. The molecule has 0 aromatic carbocycles. The van der Waals surface area contributed by atoms with Crippen molar-refractivity contribution in [3.8, 4) is 6.07 Å². The van der Waals surface area contributed by atoms with Crippen LogP contribution in [0.5, 0.6) is 0 Å². The lowest BCUT2D eigenvalue weighted by atomic mass is 9.57. The molecule has 1 heterocycles. The summed E-state index contributed by atoms with van der Waals surface area (Å²) in [7, 11) is 0. The van der Waals surface area contributed by atoms with E-state index in [0.717, 1.165) is 64.2 Å². The van der Waals surface area contributed by atoms with Gasteiger partial charge in [0.05, 0.1) is 24.6 Å². The van der Waals surface area contributed by atoms with E-state index in [9.17, 15) is 9.59 Å². The van der Waals surface area contributed by atoms with Gasteiger partial charge in [-0.15, -0.1) is 0 Å². The lowest BCUT2D eigenvalue weighted by Gasteiger charge is -2.52. The number of amides is 1. The summed E-state index contributed by atoms with van der Waals surface area (Å²) >= 11 is 0. The number of hydrogen-bond donors (Lipinski definition) is 1. The summed E-state index contributed by atoms with van der Waals surface area (Å²) in [5.74, 6) is 0.0223. The molecule has 26 heavy (non-hydrogen) atoms. The number of esters is 1. The first-order valence-corrected chi connectivity index (χ1v) is 10.2. The van der Waals surface area contributed by atoms with Gasteiger partial charge in [-0.05, 0) is 57.8 Å². The van der Waals surface area contributed by atoms with Crippen molar-refractivity contribution >= 4 is 11.9 Å². The van der Waals surface area contributed by atoms with Gasteiger partial charge in [-0.1, -0.05) is 13.3 Å². The maximum Gasteiger partial charge on any atom is 0.312 e. The summed E-state index contributed by atoms with van der Waals surface area (Å²) in [5.41, 5.74) is -0.314. The summed E-state index contributed by atoms with van der Waals surface area (Å²) in [6.45, 7) is 3.62. The first kappa shape index (κ1) is 19.2. The molecule has 4 rings (SSSR count). The number of rotatable bonds is 7. The van der Waals surface area contributed by atoms with Crippen LogP contribution in [0.2, 0.25) is 0 Å². The lowest BCUT2D eigenvalue weighted by molar-refractivity contribution is -0.164. The quantitative estimate of drug-likeness (QED) is 0.556. The van der Waals surface area contributed by atoms with Crippen LogP contribution < -0.4 is 5.32 Å². The fourth-order valence-electron chi connectivity index (χ4n) is 4.78. The zero-order valence-corrected chi connectivity index (χ0v) is 15.9. The van der Waals surface area contributed by atoms with Crippen LogP contribution in [-0.2, 0) is 14.3 Å². The predicted octanol–water partition coefficient (Wildman–Crippen LogP) is 2.53. The van der Waals surface area contributed by atoms with Crippen molar-refractivity contribution in [2.75, 3.05) is 19.7 Å². The zero-order valence-electron chi connectivity index (χ0n) is 15.9. The van der Waals surface area contributed by atoms with E-state index in [1.54, 1.807) is 4.90 Å². The number of fused-ring (bicyclic) bond motifs is 3. The van der Waals surface area contributed by atoms with Crippen LogP contribution in [0.4, 0.5) is 0 Å². The number of nitriles is 1. The molecule has 3 saturated carbocycles. The Bertz CT molecular complexity index is 559. The molecule has 1 saturated heterocycles. The van der Waals surface area contributed by atoms with Crippen LogP contribution in [0.15, 0.2) is 0 Å². The Kier molecular flexibility index (Phi) is 5.86. The largest absolute Gasteiger partial charge is 0.465 e. The molecule has 2 bridgehead atoms. The average Bonchev–Trinajstić information content (AvgIpc) is 3.16. The third-order valence-electron chi connectivity index (χ3n) is 6.75. The highest BCUT2D eigenvalue weighted by Crippen LogP contribution is 2.52. The lowest BCUT2D eigenvalue weighted by Crippen LogP contribution is -2.58. The molecule has 1 aliphatic heterocycles. The second-order valence-corrected chi connectivity index (χ2v) is 8.28. The highest BCUT2D eigenvalue weighted by atomic mass is 16.5. The van der Waals surface area contributed by atoms with Crippen LogP contribution in [0.1, 0.15) is 71.1 Å². The second kappa shape index (κ2) is 7.96. The minimum Gasteiger partial charge on any atom is -0.465 e. The fourth-order valence-corrected chi connectivity index (χ4v) is 4.78. The van der Waals surface area contributed by atoms with Gasteiger partial charge in [-0.25, -0.2) is 0 Å². The Labute approximate surface area is 156 Å². The summed E-state index contributed by atoms with van der Waals surface area (Å²) in [5, 5.41) is 12.7. The van der Waals surface area contributed by atoms with Crippen molar-refractivity contribution in [2.45, 2.75) is 82.7 Å². The van der Waals surface area contributed by atoms with Crippen molar-refractivity contribution in [1.29, 1.82) is 5.26 Å². The van der Waals surface area contributed by atoms with Crippen LogP contribution in [0.25, 0.3) is 0 Å². The molecule has 144 valence electrons. The van der Waals surface area contributed by atoms with Gasteiger partial charge in [-0.3, -0.25) is 9.59 Å². The van der Waals surface area contributed by atoms with Gasteiger partial charge in [0.25, 0.3) is 0 Å². The van der Waals surface area contributed by atoms with Crippen LogP contribution in [0, 0.1) is 16.7 Å². The molecule has 0 radical (unpaired) electrons. The third-order valence-corrected chi connectivity index (χ3v) is 6.75. The van der Waals surface area contributed by atoms with Crippen molar-refractivity contribution in [3.05, 3.63) is 0 Å². The highest BCUT2D eigenvalue weighted by Gasteiger charge is 2.53. The molecule has 0 spiro atoms. The molecule has 1 amide bonds. The smallest absolute Gasteiger partial charge is 0.312 e. The molecule has 4 fully saturated rings. The van der Waals surface area contributed by atoms with Gasteiger partial charge in [0.2, 0.25) is 5.91 Å². The van der Waals surface area contributed by atoms with Gasteiger partial charge in [0.1, 0.15) is 6.04 Å². The van der Waals surface area contributed by atoms with Gasteiger partial charge < -0.3 is 15.0 Å². The number of carbonyl (C=O) groups excluding carboxylic acids is 2. The Balaban J connectivity index is 1.50. The monoisotopic (exact) mass is 361 g/mol. The van der Waals surface area contributed by atoms with E-state index in [-0.39, 0.29) is 28.9 Å². The zero-order chi connectivity index (χ0) is 18.6. The average molecular weight is 361 g/mol. The Morgan fingerprint density at radius 3 is 2.54 bits per heavy atom. The number of unbranched alkanes of at least 4 members (excludes halogenated alkanes) is 1. The number of hydrogen-bond acceptors (Lipinski definition) is 5. The van der Waals surface area contributed by atoms with Gasteiger partial charge in [0.15, 0.2) is 0 Å². The standard InChI is InChI=1S/C20H31N3O3/c1-2-3-13-26-18(25)19-6-9-20(10-7-19,11-8-19)22-15-17(24)23-12-4-5-16(23)14-21/h16,22H,2-13,15H2,1H3. The maximum atomic E-state index is 12.5. The second-order valence-electron chi connectivity index (χ2n) is 8.28. The SMILES string of the molecule is CCCCOC(=O)C12CCC(NCC(=O)N3CCCC3C#N)(CC1)CC2. The predicted molar refractivity (Wildman–Crippen MR) is 97.1 cm³/mol. The molecular weight excluding hydrogens is 330 g/mol. The normalized spacial score (nSPS) is 33.1. The van der Waals surface area contributed by atoms with Crippen molar-refractivity contribution in [2.24, 2.45) is 5.41 Å². The summed E-state index contributed by atoms with van der Waals surface area (Å²) in [4.78, 5) is 26.7. The summed E-state index contributed by atoms with van der Waals surface area (Å²) in [6.07, 6.45) is 8.98. The van der Waals surface area contributed by atoms with E-state index in [1.165, 1.54) is 0 Å². The molecule has 4 aliphatic rings. The van der Waals surface area contributed by atoms with Crippen LogP contribution in [-0.4, -0.2) is 48.1 Å². The Morgan fingerprint density at radius 2 is 1.92 bits per heavy atom. The minimum absolute atomic E-state index is 0.00995. The van der Waals surface area contributed by atoms with Gasteiger partial charge in [0, 0.05) is 12.1 Å². The van der Waals surface area contributed by atoms with Gasteiger partial charge in [-0.2, -0.15) is 5.26 Å². The van der Waals surface area contributed by atoms with Crippen molar-refractivity contribution < 1.29 is 14.3 Å². The fraction of sp³-hybridized carbons (Fsp3) is 0.850. The van der Waals surface area contributed by atoms with E-state index >= 15 is 0 Å². The molecule has 6 nitrogen and oxygen atoms in total. The third kappa shape index (κ3) is 3.73. The van der Waals surface area contributed by atoms with E-state index < -0.39 is 0 Å². The molecular formula is C20H31N3O3. The number of nitrogens with zero attached hydrogens (tertiary/aromatic N) is 2. The summed E-state index contributed by atoms with van der Waals surface area (Å²) < 4.78 is 5.51. The maximum absolute atomic E-state index is 12.5. The van der Waals surface area contributed by atoms with Crippen molar-refractivity contribution in [3.63, 3.8) is 0 Å². The van der Waals surface area contributed by atoms with E-state index in [0.29, 0.717) is 19.7 Å². The molecule has 0 aromatic heterocycles. The molecule has 1 unspecified atom stereocenters. The number of likely N-dealkylation sites (tertiary alicyclic amines) is 1. The van der Waals surface area contributed by atoms with Crippen LogP contribution in [0.3, 0.4) is 0 Å². The first-order chi connectivity index (χ1) is 12.5. The topological polar surface area (TPSA) is 82.4 Å². The molecule has 1 atom stereocenters.